The van der Waals surface area contributed by atoms with Gasteiger partial charge in [0.05, 0.1) is 0 Å². The smallest absolute Gasteiger partial charge is 0.242 e. The number of hydrogen-bond donors (Lipinski definition) is 2. The molecule has 1 aromatic carbocycles. The molecule has 1 saturated carbocycles. The number of nitrogens with one attached hydrogen (secondary N) is 2. The van der Waals surface area contributed by atoms with E-state index in [1.165, 1.54) is 5.56 Å². The van der Waals surface area contributed by atoms with E-state index in [1.807, 2.05) is 18.2 Å². The highest BCUT2D eigenvalue weighted by molar-refractivity contribution is 5.88. The normalized spacial score (nSPS) is 28.6. The molecule has 0 bridgehead atoms. The van der Waals surface area contributed by atoms with E-state index in [2.05, 4.69) is 22.8 Å². The van der Waals surface area contributed by atoms with E-state index >= 15 is 0 Å². The Labute approximate surface area is 118 Å². The summed E-state index contributed by atoms with van der Waals surface area (Å²) in [6.07, 6.45) is 3.30. The summed E-state index contributed by atoms with van der Waals surface area (Å²) in [4.78, 5) is 23.6. The zero-order chi connectivity index (χ0) is 13.9. The molecular formula is C16H20N2O2. The first-order valence-electron chi connectivity index (χ1n) is 7.36. The highest BCUT2D eigenvalue weighted by Crippen LogP contribution is 2.49. The van der Waals surface area contributed by atoms with Crippen molar-refractivity contribution in [2.24, 2.45) is 5.92 Å². The SMILES string of the molecule is O=C(C[C@@H]1C[C@H]1c1ccccc1)NC1CCCNC1=O. The largest absolute Gasteiger partial charge is 0.354 e. The van der Waals surface area contributed by atoms with Crippen molar-refractivity contribution in [3.63, 3.8) is 0 Å². The molecule has 3 rings (SSSR count). The van der Waals surface area contributed by atoms with Crippen LogP contribution in [-0.4, -0.2) is 24.4 Å². The highest BCUT2D eigenvalue weighted by atomic mass is 16.2. The lowest BCUT2D eigenvalue weighted by molar-refractivity contribution is -0.130. The molecule has 3 atom stereocenters. The van der Waals surface area contributed by atoms with Gasteiger partial charge in [-0.05, 0) is 36.7 Å². The molecule has 106 valence electrons. The van der Waals surface area contributed by atoms with Crippen LogP contribution in [0.5, 0.6) is 0 Å². The first-order chi connectivity index (χ1) is 9.74. The van der Waals surface area contributed by atoms with Crippen molar-refractivity contribution >= 4 is 11.8 Å². The summed E-state index contributed by atoms with van der Waals surface area (Å²) in [5, 5.41) is 5.65. The van der Waals surface area contributed by atoms with Gasteiger partial charge in [0.25, 0.3) is 0 Å². The molecule has 2 N–H and O–H groups in total. The average Bonchev–Trinajstić information content (AvgIpc) is 3.21. The third-order valence-corrected chi connectivity index (χ3v) is 4.22. The summed E-state index contributed by atoms with van der Waals surface area (Å²) in [6.45, 7) is 0.726. The van der Waals surface area contributed by atoms with Gasteiger partial charge in [0.1, 0.15) is 6.04 Å². The number of rotatable bonds is 4. The molecule has 0 spiro atoms. The number of benzene rings is 1. The maximum atomic E-state index is 12.0. The molecule has 20 heavy (non-hydrogen) atoms. The predicted octanol–water partition coefficient (Wildman–Crippen LogP) is 1.57. The van der Waals surface area contributed by atoms with Crippen molar-refractivity contribution < 1.29 is 9.59 Å². The Hall–Kier alpha value is -1.84. The van der Waals surface area contributed by atoms with Crippen LogP contribution in [0.2, 0.25) is 0 Å². The van der Waals surface area contributed by atoms with Crippen LogP contribution >= 0.6 is 0 Å². The molecule has 2 aliphatic rings. The second-order valence-corrected chi connectivity index (χ2v) is 5.77. The first-order valence-corrected chi connectivity index (χ1v) is 7.36. The summed E-state index contributed by atoms with van der Waals surface area (Å²) in [7, 11) is 0. The van der Waals surface area contributed by atoms with Crippen molar-refractivity contribution in [3.8, 4) is 0 Å². The van der Waals surface area contributed by atoms with Crippen molar-refractivity contribution in [2.45, 2.75) is 37.6 Å². The fourth-order valence-electron chi connectivity index (χ4n) is 2.98. The molecule has 1 unspecified atom stereocenters. The molecular weight excluding hydrogens is 252 g/mol. The third-order valence-electron chi connectivity index (χ3n) is 4.22. The van der Waals surface area contributed by atoms with Crippen molar-refractivity contribution in [3.05, 3.63) is 35.9 Å². The van der Waals surface area contributed by atoms with Gasteiger partial charge in [0.2, 0.25) is 11.8 Å². The van der Waals surface area contributed by atoms with Crippen LogP contribution in [0.3, 0.4) is 0 Å². The molecule has 1 aliphatic carbocycles. The lowest BCUT2D eigenvalue weighted by atomic mass is 10.1. The molecule has 0 aromatic heterocycles. The van der Waals surface area contributed by atoms with Crippen LogP contribution < -0.4 is 10.6 Å². The highest BCUT2D eigenvalue weighted by Gasteiger charge is 2.39. The third kappa shape index (κ3) is 3.00. The monoisotopic (exact) mass is 272 g/mol. The number of piperidine rings is 1. The van der Waals surface area contributed by atoms with E-state index in [-0.39, 0.29) is 17.9 Å². The van der Waals surface area contributed by atoms with Crippen molar-refractivity contribution in [1.82, 2.24) is 10.6 Å². The Morgan fingerprint density at radius 3 is 2.85 bits per heavy atom. The van der Waals surface area contributed by atoms with Gasteiger partial charge in [-0.3, -0.25) is 9.59 Å². The summed E-state index contributed by atoms with van der Waals surface area (Å²) in [5.41, 5.74) is 1.32. The lowest BCUT2D eigenvalue weighted by Gasteiger charge is -2.22. The van der Waals surface area contributed by atoms with Crippen LogP contribution in [0.15, 0.2) is 30.3 Å². The van der Waals surface area contributed by atoms with Crippen LogP contribution in [0.4, 0.5) is 0 Å². The van der Waals surface area contributed by atoms with E-state index in [4.69, 9.17) is 0 Å². The fourth-order valence-corrected chi connectivity index (χ4v) is 2.98. The Morgan fingerprint density at radius 2 is 2.10 bits per heavy atom. The minimum atomic E-state index is -0.329. The van der Waals surface area contributed by atoms with Gasteiger partial charge in [0.15, 0.2) is 0 Å². The Balaban J connectivity index is 1.47. The van der Waals surface area contributed by atoms with Crippen LogP contribution in [0.1, 0.15) is 37.2 Å². The van der Waals surface area contributed by atoms with Gasteiger partial charge in [-0.15, -0.1) is 0 Å². The topological polar surface area (TPSA) is 58.2 Å². The standard InChI is InChI=1S/C16H20N2O2/c19-15(18-14-7-4-8-17-16(14)20)10-12-9-13(12)11-5-2-1-3-6-11/h1-3,5-6,12-14H,4,7-10H2,(H,17,20)(H,18,19)/t12-,13-,14?/m0/s1. The molecule has 4 nitrogen and oxygen atoms in total. The van der Waals surface area contributed by atoms with Crippen molar-refractivity contribution in [1.29, 1.82) is 0 Å². The van der Waals surface area contributed by atoms with Gasteiger partial charge >= 0.3 is 0 Å². The van der Waals surface area contributed by atoms with Gasteiger partial charge in [-0.1, -0.05) is 30.3 Å². The number of hydrogen-bond acceptors (Lipinski definition) is 2. The van der Waals surface area contributed by atoms with E-state index in [0.29, 0.717) is 18.3 Å². The Bertz CT molecular complexity index is 500. The maximum absolute atomic E-state index is 12.0. The Kier molecular flexibility index (Phi) is 3.72. The average molecular weight is 272 g/mol. The molecule has 1 aliphatic heterocycles. The maximum Gasteiger partial charge on any atom is 0.242 e. The molecule has 1 aromatic rings. The minimum Gasteiger partial charge on any atom is -0.354 e. The van der Waals surface area contributed by atoms with Crippen LogP contribution in [0, 0.1) is 5.92 Å². The van der Waals surface area contributed by atoms with E-state index < -0.39 is 0 Å². The van der Waals surface area contributed by atoms with Crippen molar-refractivity contribution in [2.75, 3.05) is 6.54 Å². The summed E-state index contributed by atoms with van der Waals surface area (Å²) in [5.74, 6) is 0.918. The van der Waals surface area contributed by atoms with E-state index in [1.54, 1.807) is 0 Å². The lowest BCUT2D eigenvalue weighted by Crippen LogP contribution is -2.50. The van der Waals surface area contributed by atoms with Gasteiger partial charge in [0, 0.05) is 13.0 Å². The second kappa shape index (κ2) is 5.65. The van der Waals surface area contributed by atoms with E-state index in [0.717, 1.165) is 25.8 Å². The number of carbonyl (C=O) groups is 2. The molecule has 2 fully saturated rings. The Morgan fingerprint density at radius 1 is 1.30 bits per heavy atom. The fraction of sp³-hybridized carbons (Fsp3) is 0.500. The van der Waals surface area contributed by atoms with Gasteiger partial charge in [-0.25, -0.2) is 0 Å². The molecule has 0 radical (unpaired) electrons. The quantitative estimate of drug-likeness (QED) is 0.874. The molecule has 1 saturated heterocycles. The van der Waals surface area contributed by atoms with Gasteiger partial charge in [-0.2, -0.15) is 0 Å². The summed E-state index contributed by atoms with van der Waals surface area (Å²) >= 11 is 0. The van der Waals surface area contributed by atoms with E-state index in [9.17, 15) is 9.59 Å². The van der Waals surface area contributed by atoms with Crippen LogP contribution in [0.25, 0.3) is 0 Å². The summed E-state index contributed by atoms with van der Waals surface area (Å²) < 4.78 is 0. The predicted molar refractivity (Wildman–Crippen MR) is 76.1 cm³/mol. The zero-order valence-electron chi connectivity index (χ0n) is 11.5. The zero-order valence-corrected chi connectivity index (χ0v) is 11.5. The second-order valence-electron chi connectivity index (χ2n) is 5.77. The minimum absolute atomic E-state index is 0.00970. The van der Waals surface area contributed by atoms with Crippen LogP contribution in [-0.2, 0) is 9.59 Å². The summed E-state index contributed by atoms with van der Waals surface area (Å²) in [6, 6.07) is 10.0. The molecule has 1 heterocycles. The first kappa shape index (κ1) is 13.2. The number of carbonyl (C=O) groups excluding carboxylic acids is 2. The van der Waals surface area contributed by atoms with Gasteiger partial charge < -0.3 is 10.6 Å². The molecule has 4 heteroatoms. The number of amides is 2. The molecule has 2 amide bonds.